The van der Waals surface area contributed by atoms with Crippen molar-refractivity contribution in [3.63, 3.8) is 0 Å². The van der Waals surface area contributed by atoms with Gasteiger partial charge in [-0.1, -0.05) is 6.07 Å². The third kappa shape index (κ3) is 3.90. The zero-order valence-electron chi connectivity index (χ0n) is 14.6. The number of thiophene rings is 1. The minimum atomic E-state index is -3.76. The molecular formula is C19H16FN3O3S2. The molecule has 0 radical (unpaired) electrons. The average Bonchev–Trinajstić information content (AvgIpc) is 3.30. The number of anilines is 1. The second kappa shape index (κ2) is 7.33. The first-order valence-corrected chi connectivity index (χ1v) is 10.9. The SMILES string of the molecule is O=C(Nc1cccc(S(=O)(=O)NC2=NCCC2)c1)c1cc2cc(F)ccc2s1. The molecule has 0 atom stereocenters. The summed E-state index contributed by atoms with van der Waals surface area (Å²) in [6, 6.07) is 12.0. The van der Waals surface area contributed by atoms with Crippen LogP contribution in [-0.2, 0) is 10.0 Å². The van der Waals surface area contributed by atoms with Crippen LogP contribution < -0.4 is 10.0 Å². The largest absolute Gasteiger partial charge is 0.321 e. The molecule has 2 N–H and O–H groups in total. The second-order valence-electron chi connectivity index (χ2n) is 6.31. The van der Waals surface area contributed by atoms with Crippen molar-refractivity contribution in [2.45, 2.75) is 17.7 Å². The molecule has 2 heterocycles. The molecular weight excluding hydrogens is 401 g/mol. The van der Waals surface area contributed by atoms with E-state index in [1.54, 1.807) is 24.3 Å². The number of hydrogen-bond donors (Lipinski definition) is 2. The number of hydrogen-bond acceptors (Lipinski definition) is 5. The molecule has 4 rings (SSSR count). The van der Waals surface area contributed by atoms with E-state index in [1.165, 1.54) is 35.6 Å². The van der Waals surface area contributed by atoms with E-state index >= 15 is 0 Å². The van der Waals surface area contributed by atoms with Crippen molar-refractivity contribution in [1.82, 2.24) is 4.72 Å². The Hall–Kier alpha value is -2.78. The van der Waals surface area contributed by atoms with Gasteiger partial charge in [0.05, 0.1) is 9.77 Å². The number of amidine groups is 1. The van der Waals surface area contributed by atoms with Gasteiger partial charge >= 0.3 is 0 Å². The normalized spacial score (nSPS) is 14.1. The molecule has 0 aliphatic carbocycles. The quantitative estimate of drug-likeness (QED) is 0.678. The fourth-order valence-corrected chi connectivity index (χ4v) is 4.97. The van der Waals surface area contributed by atoms with E-state index in [9.17, 15) is 17.6 Å². The van der Waals surface area contributed by atoms with Gasteiger partial charge in [-0.2, -0.15) is 0 Å². The van der Waals surface area contributed by atoms with Gasteiger partial charge in [-0.3, -0.25) is 14.5 Å². The molecule has 144 valence electrons. The Morgan fingerprint density at radius 1 is 1.14 bits per heavy atom. The molecule has 0 fully saturated rings. The number of nitrogens with zero attached hydrogens (tertiary/aromatic N) is 1. The molecule has 2 aromatic carbocycles. The van der Waals surface area contributed by atoms with Gasteiger partial charge < -0.3 is 5.32 Å². The number of halogens is 1. The molecule has 0 spiro atoms. The van der Waals surface area contributed by atoms with Crippen molar-refractivity contribution in [1.29, 1.82) is 0 Å². The summed E-state index contributed by atoms with van der Waals surface area (Å²) in [5, 5.41) is 3.34. The standard InChI is InChI=1S/C19H16FN3O3S2/c20-13-6-7-16-12(9-13)10-17(27-16)19(24)22-14-3-1-4-15(11-14)28(25,26)23-18-5-2-8-21-18/h1,3-4,6-7,9-11H,2,5,8H2,(H,21,23)(H,22,24). The highest BCUT2D eigenvalue weighted by Gasteiger charge is 2.19. The number of fused-ring (bicyclic) bond motifs is 1. The molecule has 0 bridgehead atoms. The van der Waals surface area contributed by atoms with Crippen molar-refractivity contribution >= 4 is 48.9 Å². The molecule has 6 nitrogen and oxygen atoms in total. The van der Waals surface area contributed by atoms with Gasteiger partial charge in [-0.25, -0.2) is 12.8 Å². The lowest BCUT2D eigenvalue weighted by atomic mass is 10.2. The van der Waals surface area contributed by atoms with Crippen LogP contribution in [-0.4, -0.2) is 26.7 Å². The van der Waals surface area contributed by atoms with Crippen molar-refractivity contribution in [2.24, 2.45) is 4.99 Å². The first-order chi connectivity index (χ1) is 13.4. The van der Waals surface area contributed by atoms with Crippen LogP contribution in [0.5, 0.6) is 0 Å². The number of sulfonamides is 1. The molecule has 1 aromatic heterocycles. The fraction of sp³-hybridized carbons (Fsp3) is 0.158. The summed E-state index contributed by atoms with van der Waals surface area (Å²) >= 11 is 1.24. The van der Waals surface area contributed by atoms with Crippen molar-refractivity contribution in [2.75, 3.05) is 11.9 Å². The zero-order chi connectivity index (χ0) is 19.7. The van der Waals surface area contributed by atoms with Crippen LogP contribution in [0.2, 0.25) is 0 Å². The number of rotatable bonds is 4. The Kier molecular flexibility index (Phi) is 4.86. The lowest BCUT2D eigenvalue weighted by Crippen LogP contribution is -2.29. The summed E-state index contributed by atoms with van der Waals surface area (Å²) in [6.07, 6.45) is 1.43. The summed E-state index contributed by atoms with van der Waals surface area (Å²) in [7, 11) is -3.76. The summed E-state index contributed by atoms with van der Waals surface area (Å²) < 4.78 is 41.6. The van der Waals surface area contributed by atoms with Crippen LogP contribution in [0.4, 0.5) is 10.1 Å². The third-order valence-electron chi connectivity index (χ3n) is 4.23. The first kappa shape index (κ1) is 18.6. The molecule has 0 saturated carbocycles. The van der Waals surface area contributed by atoms with Gasteiger partial charge in [0, 0.05) is 23.4 Å². The zero-order valence-corrected chi connectivity index (χ0v) is 16.2. The monoisotopic (exact) mass is 417 g/mol. The van der Waals surface area contributed by atoms with Crippen LogP contribution in [0.25, 0.3) is 10.1 Å². The second-order valence-corrected chi connectivity index (χ2v) is 9.08. The molecule has 3 aromatic rings. The van der Waals surface area contributed by atoms with Crippen LogP contribution in [0.1, 0.15) is 22.5 Å². The van der Waals surface area contributed by atoms with E-state index in [0.29, 0.717) is 34.8 Å². The summed E-state index contributed by atoms with van der Waals surface area (Å²) in [6.45, 7) is 0.618. The van der Waals surface area contributed by atoms with Crippen LogP contribution in [0, 0.1) is 5.82 Å². The molecule has 0 unspecified atom stereocenters. The minimum absolute atomic E-state index is 0.0401. The number of amides is 1. The maximum atomic E-state index is 13.3. The minimum Gasteiger partial charge on any atom is -0.321 e. The summed E-state index contributed by atoms with van der Waals surface area (Å²) in [4.78, 5) is 17.1. The maximum absolute atomic E-state index is 13.3. The topological polar surface area (TPSA) is 87.6 Å². The average molecular weight is 417 g/mol. The molecule has 1 aliphatic heterocycles. The molecule has 0 saturated heterocycles. The van der Waals surface area contributed by atoms with E-state index in [2.05, 4.69) is 15.0 Å². The highest BCUT2D eigenvalue weighted by Crippen LogP contribution is 2.27. The van der Waals surface area contributed by atoms with Crippen molar-refractivity contribution < 1.29 is 17.6 Å². The Bertz CT molecular complexity index is 1200. The third-order valence-corrected chi connectivity index (χ3v) is 6.72. The van der Waals surface area contributed by atoms with Gasteiger partial charge in [0.1, 0.15) is 11.7 Å². The van der Waals surface area contributed by atoms with E-state index in [0.717, 1.165) is 11.1 Å². The smallest absolute Gasteiger partial charge is 0.265 e. The lowest BCUT2D eigenvalue weighted by molar-refractivity contribution is 0.103. The van der Waals surface area contributed by atoms with Gasteiger partial charge in [-0.05, 0) is 54.3 Å². The van der Waals surface area contributed by atoms with Gasteiger partial charge in [-0.15, -0.1) is 11.3 Å². The Morgan fingerprint density at radius 3 is 2.79 bits per heavy atom. The van der Waals surface area contributed by atoms with Gasteiger partial charge in [0.25, 0.3) is 15.9 Å². The number of carbonyl (C=O) groups excluding carboxylic acids is 1. The highest BCUT2D eigenvalue weighted by atomic mass is 32.2. The highest BCUT2D eigenvalue weighted by molar-refractivity contribution is 7.90. The van der Waals surface area contributed by atoms with E-state index in [1.807, 2.05) is 0 Å². The molecule has 9 heteroatoms. The predicted molar refractivity (Wildman–Crippen MR) is 108 cm³/mol. The van der Waals surface area contributed by atoms with E-state index < -0.39 is 10.0 Å². The van der Waals surface area contributed by atoms with Gasteiger partial charge in [0.15, 0.2) is 0 Å². The number of carbonyl (C=O) groups is 1. The molecule has 1 amide bonds. The van der Waals surface area contributed by atoms with Crippen molar-refractivity contribution in [3.05, 3.63) is 59.2 Å². The lowest BCUT2D eigenvalue weighted by Gasteiger charge is -2.09. The van der Waals surface area contributed by atoms with Gasteiger partial charge in [0.2, 0.25) is 0 Å². The molecule has 1 aliphatic rings. The fourth-order valence-electron chi connectivity index (χ4n) is 2.90. The first-order valence-electron chi connectivity index (χ1n) is 8.57. The number of nitrogens with one attached hydrogen (secondary N) is 2. The predicted octanol–water partition coefficient (Wildman–Crippen LogP) is 3.76. The van der Waals surface area contributed by atoms with Crippen LogP contribution in [0.15, 0.2) is 58.4 Å². The number of benzene rings is 2. The van der Waals surface area contributed by atoms with Crippen LogP contribution >= 0.6 is 11.3 Å². The Balaban J connectivity index is 1.54. The van der Waals surface area contributed by atoms with Crippen molar-refractivity contribution in [3.8, 4) is 0 Å². The van der Waals surface area contributed by atoms with Crippen LogP contribution in [0.3, 0.4) is 0 Å². The Labute approximate surface area is 165 Å². The number of aliphatic imine (C=N–C) groups is 1. The van der Waals surface area contributed by atoms with E-state index in [4.69, 9.17) is 0 Å². The maximum Gasteiger partial charge on any atom is 0.265 e. The molecule has 28 heavy (non-hydrogen) atoms. The summed E-state index contributed by atoms with van der Waals surface area (Å²) in [5.74, 6) is -0.300. The van der Waals surface area contributed by atoms with E-state index in [-0.39, 0.29) is 16.6 Å². The Morgan fingerprint density at radius 2 is 2.00 bits per heavy atom. The summed E-state index contributed by atoms with van der Waals surface area (Å²) in [5.41, 5.74) is 0.352.